The van der Waals surface area contributed by atoms with Crippen molar-refractivity contribution in [2.24, 2.45) is 0 Å². The van der Waals surface area contributed by atoms with Gasteiger partial charge in [0.1, 0.15) is 6.04 Å². The van der Waals surface area contributed by atoms with Crippen molar-refractivity contribution in [2.75, 3.05) is 11.9 Å². The van der Waals surface area contributed by atoms with E-state index in [2.05, 4.69) is 5.32 Å². The van der Waals surface area contributed by atoms with Gasteiger partial charge in [-0.3, -0.25) is 14.9 Å². The number of nitrogens with two attached hydrogens (primary N) is 1. The first-order chi connectivity index (χ1) is 11.8. The lowest BCUT2D eigenvalue weighted by atomic mass is 10.1. The molecule has 132 valence electrons. The van der Waals surface area contributed by atoms with Gasteiger partial charge in [0.2, 0.25) is 0 Å². The van der Waals surface area contributed by atoms with E-state index in [1.165, 1.54) is 18.2 Å². The third kappa shape index (κ3) is 5.16. The standard InChI is InChI=1S/C17H17Cl2N3O3/c1-10-7-13(22(24)25)4-6-16(10)21-17(23)9-20-11(2)14-5-3-12(18)8-15(14)19/h3-8,11,20H,9H2,1-2H3,(H,21,23)/p+1/t11-/m0/s1. The molecule has 1 atom stereocenters. The molecule has 1 amide bonds. The Kier molecular flexibility index (Phi) is 6.36. The Bertz CT molecular complexity index is 812. The second kappa shape index (κ2) is 8.29. The number of nitrogens with one attached hydrogen (secondary N) is 1. The van der Waals surface area contributed by atoms with Crippen molar-refractivity contribution in [2.45, 2.75) is 19.9 Å². The molecule has 0 heterocycles. The van der Waals surface area contributed by atoms with Gasteiger partial charge in [-0.15, -0.1) is 0 Å². The minimum Gasteiger partial charge on any atom is -0.332 e. The maximum absolute atomic E-state index is 12.1. The lowest BCUT2D eigenvalue weighted by Gasteiger charge is -2.13. The minimum absolute atomic E-state index is 0.00642. The number of nitro groups is 1. The smallest absolute Gasteiger partial charge is 0.279 e. The van der Waals surface area contributed by atoms with Crippen LogP contribution in [-0.4, -0.2) is 17.4 Å². The SMILES string of the molecule is Cc1cc([N+](=O)[O-])ccc1NC(=O)C[NH2+][C@@H](C)c1ccc(Cl)cc1Cl. The number of hydrogen-bond donors (Lipinski definition) is 2. The first-order valence-electron chi connectivity index (χ1n) is 7.61. The second-order valence-corrected chi connectivity index (χ2v) is 6.54. The van der Waals surface area contributed by atoms with Gasteiger partial charge < -0.3 is 10.6 Å². The van der Waals surface area contributed by atoms with E-state index in [1.54, 1.807) is 19.1 Å². The molecule has 0 fully saturated rings. The average molecular weight is 383 g/mol. The Balaban J connectivity index is 1.95. The number of nitrogens with zero attached hydrogens (tertiary/aromatic N) is 1. The molecule has 3 N–H and O–H groups in total. The first kappa shape index (κ1) is 19.2. The fourth-order valence-electron chi connectivity index (χ4n) is 2.38. The molecule has 2 rings (SSSR count). The maximum Gasteiger partial charge on any atom is 0.279 e. The van der Waals surface area contributed by atoms with Gasteiger partial charge in [0.15, 0.2) is 6.54 Å². The molecular weight excluding hydrogens is 365 g/mol. The Hall–Kier alpha value is -2.15. The molecule has 0 bridgehead atoms. The van der Waals surface area contributed by atoms with Crippen molar-refractivity contribution >= 4 is 40.5 Å². The van der Waals surface area contributed by atoms with E-state index in [0.29, 0.717) is 21.3 Å². The molecule has 0 aromatic heterocycles. The zero-order valence-corrected chi connectivity index (χ0v) is 15.3. The van der Waals surface area contributed by atoms with Crippen LogP contribution in [0.15, 0.2) is 36.4 Å². The van der Waals surface area contributed by atoms with Gasteiger partial charge in [-0.05, 0) is 37.6 Å². The lowest BCUT2D eigenvalue weighted by molar-refractivity contribution is -0.682. The van der Waals surface area contributed by atoms with E-state index in [4.69, 9.17) is 23.2 Å². The predicted molar refractivity (Wildman–Crippen MR) is 98.1 cm³/mol. The third-order valence-corrected chi connectivity index (χ3v) is 4.37. The largest absolute Gasteiger partial charge is 0.332 e. The molecule has 2 aromatic carbocycles. The summed E-state index contributed by atoms with van der Waals surface area (Å²) in [7, 11) is 0. The van der Waals surface area contributed by atoms with Gasteiger partial charge in [0.25, 0.3) is 11.6 Å². The van der Waals surface area contributed by atoms with Gasteiger partial charge in [-0.25, -0.2) is 0 Å². The molecule has 0 aliphatic rings. The lowest BCUT2D eigenvalue weighted by Crippen LogP contribution is -2.86. The van der Waals surface area contributed by atoms with E-state index in [0.717, 1.165) is 5.56 Å². The molecule has 0 aliphatic carbocycles. The number of carbonyl (C=O) groups is 1. The zero-order valence-electron chi connectivity index (χ0n) is 13.8. The quantitative estimate of drug-likeness (QED) is 0.591. The van der Waals surface area contributed by atoms with Crippen molar-refractivity contribution in [3.63, 3.8) is 0 Å². The number of anilines is 1. The molecule has 0 unspecified atom stereocenters. The Morgan fingerprint density at radius 3 is 2.60 bits per heavy atom. The topological polar surface area (TPSA) is 88.9 Å². The van der Waals surface area contributed by atoms with Crippen molar-refractivity contribution in [3.05, 3.63) is 67.7 Å². The monoisotopic (exact) mass is 382 g/mol. The molecule has 0 aliphatic heterocycles. The summed E-state index contributed by atoms with van der Waals surface area (Å²) in [6.07, 6.45) is 0. The summed E-state index contributed by atoms with van der Waals surface area (Å²) in [5, 5.41) is 16.5. The second-order valence-electron chi connectivity index (χ2n) is 5.70. The molecular formula is C17H18Cl2N3O3+. The van der Waals surface area contributed by atoms with Crippen LogP contribution in [0.1, 0.15) is 24.1 Å². The average Bonchev–Trinajstić information content (AvgIpc) is 2.54. The van der Waals surface area contributed by atoms with Crippen molar-refractivity contribution < 1.29 is 15.0 Å². The van der Waals surface area contributed by atoms with Crippen molar-refractivity contribution in [1.29, 1.82) is 0 Å². The van der Waals surface area contributed by atoms with Crippen LogP contribution in [0.25, 0.3) is 0 Å². The van der Waals surface area contributed by atoms with Crippen LogP contribution in [0.5, 0.6) is 0 Å². The highest BCUT2D eigenvalue weighted by atomic mass is 35.5. The maximum atomic E-state index is 12.1. The van der Waals surface area contributed by atoms with Crippen LogP contribution in [0.4, 0.5) is 11.4 Å². The fraction of sp³-hybridized carbons (Fsp3) is 0.235. The molecule has 0 saturated carbocycles. The molecule has 2 aromatic rings. The van der Waals surface area contributed by atoms with Gasteiger partial charge >= 0.3 is 0 Å². The Morgan fingerprint density at radius 1 is 1.28 bits per heavy atom. The van der Waals surface area contributed by atoms with Gasteiger partial charge in [0.05, 0.1) is 9.95 Å². The fourth-order valence-corrected chi connectivity index (χ4v) is 2.97. The normalized spacial score (nSPS) is 11.8. The molecule has 6 nitrogen and oxygen atoms in total. The van der Waals surface area contributed by atoms with E-state index < -0.39 is 4.92 Å². The van der Waals surface area contributed by atoms with Crippen molar-refractivity contribution in [1.82, 2.24) is 0 Å². The highest BCUT2D eigenvalue weighted by Gasteiger charge is 2.16. The van der Waals surface area contributed by atoms with E-state index in [1.807, 2.05) is 18.3 Å². The summed E-state index contributed by atoms with van der Waals surface area (Å²) in [6.45, 7) is 3.85. The number of aryl methyl sites for hydroxylation is 1. The van der Waals surface area contributed by atoms with Crippen LogP contribution in [0.2, 0.25) is 10.0 Å². The molecule has 8 heteroatoms. The number of benzene rings is 2. The highest BCUT2D eigenvalue weighted by Crippen LogP contribution is 2.24. The number of quaternary nitrogens is 1. The summed E-state index contributed by atoms with van der Waals surface area (Å²) in [6, 6.07) is 9.57. The Morgan fingerprint density at radius 2 is 2.00 bits per heavy atom. The summed E-state index contributed by atoms with van der Waals surface area (Å²) >= 11 is 12.1. The number of non-ortho nitro benzene ring substituents is 1. The minimum atomic E-state index is -0.468. The highest BCUT2D eigenvalue weighted by molar-refractivity contribution is 6.35. The van der Waals surface area contributed by atoms with E-state index >= 15 is 0 Å². The number of carbonyl (C=O) groups excluding carboxylic acids is 1. The van der Waals surface area contributed by atoms with Gasteiger partial charge in [-0.1, -0.05) is 29.3 Å². The summed E-state index contributed by atoms with van der Waals surface area (Å²) in [5.74, 6) is -0.200. The molecule has 0 saturated heterocycles. The van der Waals surface area contributed by atoms with Gasteiger partial charge in [-0.2, -0.15) is 0 Å². The van der Waals surface area contributed by atoms with Crippen LogP contribution < -0.4 is 10.6 Å². The summed E-state index contributed by atoms with van der Waals surface area (Å²) in [5.41, 5.74) is 2.08. The van der Waals surface area contributed by atoms with Crippen molar-refractivity contribution in [3.8, 4) is 0 Å². The number of hydrogen-bond acceptors (Lipinski definition) is 3. The van der Waals surface area contributed by atoms with Crippen LogP contribution in [0, 0.1) is 17.0 Å². The van der Waals surface area contributed by atoms with E-state index in [9.17, 15) is 14.9 Å². The predicted octanol–water partition coefficient (Wildman–Crippen LogP) is 3.47. The summed E-state index contributed by atoms with van der Waals surface area (Å²) in [4.78, 5) is 22.4. The number of rotatable bonds is 6. The molecule has 0 radical (unpaired) electrons. The Labute approximate surface area is 155 Å². The number of amides is 1. The van der Waals surface area contributed by atoms with Crippen LogP contribution >= 0.6 is 23.2 Å². The summed E-state index contributed by atoms with van der Waals surface area (Å²) < 4.78 is 0. The third-order valence-electron chi connectivity index (χ3n) is 3.80. The van der Waals surface area contributed by atoms with Crippen LogP contribution in [0.3, 0.4) is 0 Å². The molecule has 25 heavy (non-hydrogen) atoms. The first-order valence-corrected chi connectivity index (χ1v) is 8.36. The van der Waals surface area contributed by atoms with Crippen LogP contribution in [-0.2, 0) is 4.79 Å². The van der Waals surface area contributed by atoms with Gasteiger partial charge in [0, 0.05) is 28.4 Å². The number of nitro benzene ring substituents is 1. The zero-order chi connectivity index (χ0) is 18.6. The van der Waals surface area contributed by atoms with E-state index in [-0.39, 0.29) is 24.2 Å². The number of halogens is 2. The molecule has 0 spiro atoms.